The maximum atomic E-state index is 5.97. The quantitative estimate of drug-likeness (QED) is 0.872. The van der Waals surface area contributed by atoms with Crippen molar-refractivity contribution < 1.29 is 0 Å². The first kappa shape index (κ1) is 10.2. The van der Waals surface area contributed by atoms with Crippen LogP contribution in [0.4, 0.5) is 11.5 Å². The molecular formula is C10H7Cl2N3. The molecule has 0 atom stereocenters. The van der Waals surface area contributed by atoms with Gasteiger partial charge in [0.05, 0.1) is 10.7 Å². The van der Waals surface area contributed by atoms with Crippen LogP contribution in [0.1, 0.15) is 0 Å². The molecule has 2 aromatic rings. The van der Waals surface area contributed by atoms with Crippen molar-refractivity contribution in [2.75, 3.05) is 5.32 Å². The highest BCUT2D eigenvalue weighted by molar-refractivity contribution is 6.34. The molecule has 1 N–H and O–H groups in total. The Kier molecular flexibility index (Phi) is 3.04. The fourth-order valence-electron chi connectivity index (χ4n) is 1.10. The van der Waals surface area contributed by atoms with Gasteiger partial charge in [-0.2, -0.15) is 0 Å². The van der Waals surface area contributed by atoms with Crippen LogP contribution in [-0.4, -0.2) is 9.97 Å². The van der Waals surface area contributed by atoms with Gasteiger partial charge in [0.15, 0.2) is 11.0 Å². The highest BCUT2D eigenvalue weighted by Crippen LogP contribution is 2.26. The van der Waals surface area contributed by atoms with Crippen LogP contribution in [0, 0.1) is 0 Å². The summed E-state index contributed by atoms with van der Waals surface area (Å²) in [6.45, 7) is 0. The number of halogens is 2. The maximum absolute atomic E-state index is 5.97. The van der Waals surface area contributed by atoms with Crippen molar-refractivity contribution in [3.63, 3.8) is 0 Å². The van der Waals surface area contributed by atoms with Crippen molar-refractivity contribution in [3.8, 4) is 0 Å². The molecule has 0 aliphatic carbocycles. The van der Waals surface area contributed by atoms with Crippen LogP contribution in [0.5, 0.6) is 0 Å². The predicted molar refractivity (Wildman–Crippen MR) is 61.8 cm³/mol. The lowest BCUT2D eigenvalue weighted by atomic mass is 10.3. The standard InChI is InChI=1S/C10H7Cl2N3/c11-7-3-1-2-4-8(7)15-10-9(12)13-5-6-14-10/h1-6H,(H,14,15). The van der Waals surface area contributed by atoms with Gasteiger partial charge >= 0.3 is 0 Å². The molecule has 0 aliphatic heterocycles. The monoisotopic (exact) mass is 239 g/mol. The lowest BCUT2D eigenvalue weighted by molar-refractivity contribution is 1.20. The van der Waals surface area contributed by atoms with Crippen LogP contribution >= 0.6 is 23.2 Å². The number of nitrogens with one attached hydrogen (secondary N) is 1. The van der Waals surface area contributed by atoms with Gasteiger partial charge in [0.2, 0.25) is 0 Å². The normalized spacial score (nSPS) is 10.0. The number of hydrogen-bond acceptors (Lipinski definition) is 3. The van der Waals surface area contributed by atoms with E-state index in [-0.39, 0.29) is 0 Å². The van der Waals surface area contributed by atoms with Gasteiger partial charge < -0.3 is 5.32 Å². The maximum Gasteiger partial charge on any atom is 0.171 e. The summed E-state index contributed by atoms with van der Waals surface area (Å²) in [5.41, 5.74) is 0.751. The Labute approximate surface area is 97.1 Å². The van der Waals surface area contributed by atoms with E-state index in [1.807, 2.05) is 18.2 Å². The second-order valence-electron chi connectivity index (χ2n) is 2.80. The van der Waals surface area contributed by atoms with Crippen molar-refractivity contribution in [2.45, 2.75) is 0 Å². The first-order chi connectivity index (χ1) is 7.27. The van der Waals surface area contributed by atoms with Crippen molar-refractivity contribution in [1.82, 2.24) is 9.97 Å². The van der Waals surface area contributed by atoms with Crippen LogP contribution in [-0.2, 0) is 0 Å². The lowest BCUT2D eigenvalue weighted by Crippen LogP contribution is -1.95. The highest BCUT2D eigenvalue weighted by Gasteiger charge is 2.04. The largest absolute Gasteiger partial charge is 0.336 e. The van der Waals surface area contributed by atoms with Gasteiger partial charge in [-0.15, -0.1) is 0 Å². The van der Waals surface area contributed by atoms with Gasteiger partial charge in [-0.05, 0) is 12.1 Å². The molecule has 1 aromatic carbocycles. The Balaban J connectivity index is 2.30. The molecule has 0 spiro atoms. The van der Waals surface area contributed by atoms with E-state index >= 15 is 0 Å². The topological polar surface area (TPSA) is 37.8 Å². The SMILES string of the molecule is Clc1ccccc1Nc1nccnc1Cl. The van der Waals surface area contributed by atoms with Crippen LogP contribution < -0.4 is 5.32 Å². The molecule has 0 saturated heterocycles. The summed E-state index contributed by atoms with van der Waals surface area (Å²) in [7, 11) is 0. The van der Waals surface area contributed by atoms with E-state index < -0.39 is 0 Å². The summed E-state index contributed by atoms with van der Waals surface area (Å²) in [6, 6.07) is 7.35. The number of hydrogen-bond donors (Lipinski definition) is 1. The number of nitrogens with zero attached hydrogens (tertiary/aromatic N) is 2. The van der Waals surface area contributed by atoms with Gasteiger partial charge in [0, 0.05) is 12.4 Å². The Bertz CT molecular complexity index is 430. The molecule has 15 heavy (non-hydrogen) atoms. The van der Waals surface area contributed by atoms with Crippen LogP contribution in [0.25, 0.3) is 0 Å². The fourth-order valence-corrected chi connectivity index (χ4v) is 1.43. The third-order valence-electron chi connectivity index (χ3n) is 1.78. The smallest absolute Gasteiger partial charge is 0.171 e. The van der Waals surface area contributed by atoms with Crippen molar-refractivity contribution in [2.24, 2.45) is 0 Å². The number of aromatic nitrogens is 2. The third-order valence-corrected chi connectivity index (χ3v) is 2.39. The Morgan fingerprint density at radius 1 is 1.00 bits per heavy atom. The molecule has 1 aromatic heterocycles. The molecule has 0 bridgehead atoms. The van der Waals surface area contributed by atoms with Gasteiger partial charge in [0.1, 0.15) is 0 Å². The average molecular weight is 240 g/mol. The molecule has 0 radical (unpaired) electrons. The summed E-state index contributed by atoms with van der Waals surface area (Å²) in [5, 5.41) is 3.93. The molecule has 0 unspecified atom stereocenters. The fraction of sp³-hybridized carbons (Fsp3) is 0. The summed E-state index contributed by atoms with van der Waals surface area (Å²) >= 11 is 11.8. The lowest BCUT2D eigenvalue weighted by Gasteiger charge is -2.07. The van der Waals surface area contributed by atoms with E-state index in [1.165, 1.54) is 6.20 Å². The molecule has 2 rings (SSSR count). The number of rotatable bonds is 2. The second-order valence-corrected chi connectivity index (χ2v) is 3.57. The summed E-state index contributed by atoms with van der Waals surface area (Å²) in [4.78, 5) is 7.95. The van der Waals surface area contributed by atoms with E-state index in [4.69, 9.17) is 23.2 Å². The minimum Gasteiger partial charge on any atom is -0.336 e. The molecule has 0 saturated carbocycles. The summed E-state index contributed by atoms with van der Waals surface area (Å²) < 4.78 is 0. The highest BCUT2D eigenvalue weighted by atomic mass is 35.5. The number of anilines is 2. The van der Waals surface area contributed by atoms with E-state index in [2.05, 4.69) is 15.3 Å². The van der Waals surface area contributed by atoms with Crippen LogP contribution in [0.2, 0.25) is 10.2 Å². The van der Waals surface area contributed by atoms with Crippen molar-refractivity contribution >= 4 is 34.7 Å². The molecule has 76 valence electrons. The van der Waals surface area contributed by atoms with Gasteiger partial charge in [-0.25, -0.2) is 9.97 Å². The number of benzene rings is 1. The average Bonchev–Trinajstić information content (AvgIpc) is 2.24. The predicted octanol–water partition coefficient (Wildman–Crippen LogP) is 3.53. The Morgan fingerprint density at radius 2 is 1.73 bits per heavy atom. The van der Waals surface area contributed by atoms with Gasteiger partial charge in [0.25, 0.3) is 0 Å². The van der Waals surface area contributed by atoms with E-state index in [0.717, 1.165) is 5.69 Å². The summed E-state index contributed by atoms with van der Waals surface area (Å²) in [5.74, 6) is 0.493. The van der Waals surface area contributed by atoms with E-state index in [0.29, 0.717) is 16.0 Å². The second kappa shape index (κ2) is 4.47. The Hall–Kier alpha value is -1.32. The van der Waals surface area contributed by atoms with Crippen LogP contribution in [0.3, 0.4) is 0 Å². The molecule has 0 amide bonds. The zero-order valence-corrected chi connectivity index (χ0v) is 9.13. The molecule has 1 heterocycles. The van der Waals surface area contributed by atoms with E-state index in [9.17, 15) is 0 Å². The minimum atomic E-state index is 0.317. The Morgan fingerprint density at radius 3 is 2.47 bits per heavy atom. The molecule has 5 heteroatoms. The summed E-state index contributed by atoms with van der Waals surface area (Å²) in [6.07, 6.45) is 3.09. The zero-order valence-electron chi connectivity index (χ0n) is 7.61. The first-order valence-corrected chi connectivity index (χ1v) is 5.01. The molecule has 3 nitrogen and oxygen atoms in total. The first-order valence-electron chi connectivity index (χ1n) is 4.25. The van der Waals surface area contributed by atoms with Crippen molar-refractivity contribution in [3.05, 3.63) is 46.8 Å². The molecular weight excluding hydrogens is 233 g/mol. The van der Waals surface area contributed by atoms with Crippen molar-refractivity contribution in [1.29, 1.82) is 0 Å². The van der Waals surface area contributed by atoms with Gasteiger partial charge in [-0.1, -0.05) is 35.3 Å². The van der Waals surface area contributed by atoms with Gasteiger partial charge in [-0.3, -0.25) is 0 Å². The zero-order chi connectivity index (χ0) is 10.7. The van der Waals surface area contributed by atoms with E-state index in [1.54, 1.807) is 12.3 Å². The van der Waals surface area contributed by atoms with Crippen LogP contribution in [0.15, 0.2) is 36.7 Å². The third kappa shape index (κ3) is 2.37. The molecule has 0 aliphatic rings. The minimum absolute atomic E-state index is 0.317. The molecule has 0 fully saturated rings. The number of para-hydroxylation sites is 1.